The smallest absolute Gasteiger partial charge is 0.164 e. The zero-order chi connectivity index (χ0) is 49.8. The van der Waals surface area contributed by atoms with Crippen molar-refractivity contribution in [3.63, 3.8) is 0 Å². The molecule has 0 aliphatic carbocycles. The third-order valence-corrected chi connectivity index (χ3v) is 16.3. The molecule has 6 nitrogen and oxygen atoms in total. The lowest BCUT2D eigenvalue weighted by molar-refractivity contribution is 0.669. The van der Waals surface area contributed by atoms with E-state index in [1.807, 2.05) is 30.3 Å². The molecule has 0 radical (unpaired) electrons. The van der Waals surface area contributed by atoms with Crippen molar-refractivity contribution in [2.45, 2.75) is 0 Å². The summed E-state index contributed by atoms with van der Waals surface area (Å²) >= 11 is 1.79. The summed E-state index contributed by atoms with van der Waals surface area (Å²) in [6, 6.07) is 85.5. The number of hydrogen-bond acceptors (Lipinski definition) is 6. The number of benzene rings is 11. The van der Waals surface area contributed by atoms with Crippen LogP contribution in [0.1, 0.15) is 0 Å². The van der Waals surface area contributed by atoms with Crippen LogP contribution in [-0.2, 0) is 0 Å². The number of nitrogens with zero attached hydrogens (tertiary/aromatic N) is 4. The summed E-state index contributed by atoms with van der Waals surface area (Å²) in [5.74, 6) is 1.78. The van der Waals surface area contributed by atoms with Gasteiger partial charge < -0.3 is 13.4 Å². The van der Waals surface area contributed by atoms with Crippen LogP contribution < -0.4 is 0 Å². The van der Waals surface area contributed by atoms with Crippen LogP contribution in [0.2, 0.25) is 0 Å². The van der Waals surface area contributed by atoms with E-state index >= 15 is 0 Å². The first-order valence-electron chi connectivity index (χ1n) is 25.5. The second kappa shape index (κ2) is 16.8. The second-order valence-corrected chi connectivity index (χ2v) is 20.5. The van der Waals surface area contributed by atoms with Crippen LogP contribution in [0.4, 0.5) is 0 Å². The van der Waals surface area contributed by atoms with Gasteiger partial charge in [0.1, 0.15) is 22.3 Å². The number of fused-ring (bicyclic) bond motifs is 12. The molecular formula is C69H40N4O2S. The van der Waals surface area contributed by atoms with E-state index in [2.05, 4.69) is 217 Å². The maximum atomic E-state index is 6.87. The minimum absolute atomic E-state index is 0.572. The Bertz CT molecular complexity index is 4990. The van der Waals surface area contributed by atoms with Crippen LogP contribution in [0.25, 0.3) is 159 Å². The highest BCUT2D eigenvalue weighted by Gasteiger charge is 2.22. The largest absolute Gasteiger partial charge is 0.456 e. The number of rotatable bonds is 7. The Morgan fingerprint density at radius 3 is 1.78 bits per heavy atom. The first kappa shape index (κ1) is 42.5. The van der Waals surface area contributed by atoms with Crippen molar-refractivity contribution >= 4 is 97.2 Å². The Morgan fingerprint density at radius 2 is 0.934 bits per heavy atom. The van der Waals surface area contributed by atoms with Crippen LogP contribution >= 0.6 is 11.3 Å². The average Bonchev–Trinajstić information content (AvgIpc) is 4.28. The lowest BCUT2D eigenvalue weighted by Crippen LogP contribution is -2.00. The van der Waals surface area contributed by atoms with E-state index in [9.17, 15) is 0 Å². The van der Waals surface area contributed by atoms with Crippen molar-refractivity contribution in [2.24, 2.45) is 0 Å². The number of para-hydroxylation sites is 3. The Hall–Kier alpha value is -9.95. The molecule has 0 saturated carbocycles. The highest BCUT2D eigenvalue weighted by Crippen LogP contribution is 2.47. The minimum atomic E-state index is 0.572. The van der Waals surface area contributed by atoms with E-state index in [0.29, 0.717) is 17.5 Å². The maximum absolute atomic E-state index is 6.87. The molecule has 0 fully saturated rings. The molecule has 0 N–H and O–H groups in total. The minimum Gasteiger partial charge on any atom is -0.456 e. The van der Waals surface area contributed by atoms with Crippen molar-refractivity contribution in [2.75, 3.05) is 0 Å². The van der Waals surface area contributed by atoms with Gasteiger partial charge in [-0.15, -0.1) is 11.3 Å². The van der Waals surface area contributed by atoms with Gasteiger partial charge >= 0.3 is 0 Å². The number of aromatic nitrogens is 4. The van der Waals surface area contributed by atoms with Gasteiger partial charge in [-0.25, -0.2) is 15.0 Å². The standard InChI is InChI=1S/C69H40N4O2S/c1-4-16-41(17-5-1)47-23-14-30-60-63(47)52-35-32-45(40-61(52)74-60)68-70-67(42-18-6-2-7-19-42)71-69(72-68)54-28-15-31-62-64(54)53-27-13-26-51(66(53)76-62)49-24-12-25-50-56-39-44(34-37-59(56)75-65(49)50)43-33-36-58-55(38-43)48-22-10-11-29-57(48)73(58)46-20-8-3-9-21-46/h1-40H. The van der Waals surface area contributed by atoms with Gasteiger partial charge in [-0.1, -0.05) is 176 Å². The van der Waals surface area contributed by atoms with Crippen molar-refractivity contribution < 1.29 is 8.83 Å². The van der Waals surface area contributed by atoms with Gasteiger partial charge in [0.15, 0.2) is 17.5 Å². The van der Waals surface area contributed by atoms with Gasteiger partial charge in [0, 0.05) is 86.0 Å². The predicted molar refractivity (Wildman–Crippen MR) is 314 cm³/mol. The van der Waals surface area contributed by atoms with E-state index < -0.39 is 0 Å². The van der Waals surface area contributed by atoms with Gasteiger partial charge in [-0.3, -0.25) is 0 Å². The average molecular weight is 989 g/mol. The van der Waals surface area contributed by atoms with Crippen LogP contribution in [-0.4, -0.2) is 19.5 Å². The molecule has 7 heteroatoms. The number of thiophene rings is 1. The molecule has 16 aromatic rings. The molecule has 5 aromatic heterocycles. The van der Waals surface area contributed by atoms with Crippen molar-refractivity contribution in [1.82, 2.24) is 19.5 Å². The molecule has 0 saturated heterocycles. The van der Waals surface area contributed by atoms with Gasteiger partial charge in [0.2, 0.25) is 0 Å². The van der Waals surface area contributed by atoms with Gasteiger partial charge in [-0.05, 0) is 89.0 Å². The van der Waals surface area contributed by atoms with Gasteiger partial charge in [-0.2, -0.15) is 0 Å². The second-order valence-electron chi connectivity index (χ2n) is 19.4. The molecule has 0 aliphatic rings. The number of hydrogen-bond donors (Lipinski definition) is 0. The molecule has 0 unspecified atom stereocenters. The molecule has 16 rings (SSSR count). The Labute approximate surface area is 439 Å². The lowest BCUT2D eigenvalue weighted by Gasteiger charge is -2.10. The Balaban J connectivity index is 0.813. The molecular weight excluding hydrogens is 949 g/mol. The fourth-order valence-corrected chi connectivity index (χ4v) is 12.9. The molecule has 0 amide bonds. The predicted octanol–water partition coefficient (Wildman–Crippen LogP) is 19.1. The zero-order valence-electron chi connectivity index (χ0n) is 40.6. The monoisotopic (exact) mass is 988 g/mol. The van der Waals surface area contributed by atoms with E-state index in [-0.39, 0.29) is 0 Å². The molecule has 0 aliphatic heterocycles. The summed E-state index contributed by atoms with van der Waals surface area (Å²) < 4.78 is 18.1. The first-order valence-corrected chi connectivity index (χ1v) is 26.3. The molecule has 11 aromatic carbocycles. The fourth-order valence-electron chi connectivity index (χ4n) is 11.6. The highest BCUT2D eigenvalue weighted by molar-refractivity contribution is 7.26. The number of furan rings is 2. The van der Waals surface area contributed by atoms with Crippen LogP contribution in [0.3, 0.4) is 0 Å². The summed E-state index contributed by atoms with van der Waals surface area (Å²) in [5.41, 5.74) is 16.3. The summed E-state index contributed by atoms with van der Waals surface area (Å²) in [6.45, 7) is 0. The Kier molecular flexibility index (Phi) is 9.40. The third-order valence-electron chi connectivity index (χ3n) is 15.1. The fraction of sp³-hybridized carbons (Fsp3) is 0. The lowest BCUT2D eigenvalue weighted by atomic mass is 9.98. The van der Waals surface area contributed by atoms with Crippen molar-refractivity contribution in [3.05, 3.63) is 243 Å². The first-order chi connectivity index (χ1) is 37.7. The summed E-state index contributed by atoms with van der Waals surface area (Å²) in [5, 5.41) is 8.99. The van der Waals surface area contributed by atoms with Crippen molar-refractivity contribution in [3.8, 4) is 73.2 Å². The Morgan fingerprint density at radius 1 is 0.316 bits per heavy atom. The SMILES string of the molecule is c1ccc(-c2nc(-c3ccc4c(c3)oc3cccc(-c5ccccc5)c34)nc(-c3cccc4sc5c(-c6cccc7c6oc6ccc(-c8ccc9c(c8)c8ccccc8n9-c8ccccc8)cc67)cccc5c34)n2)cc1. The van der Waals surface area contributed by atoms with E-state index in [1.54, 1.807) is 11.3 Å². The normalized spacial score (nSPS) is 11.9. The van der Waals surface area contributed by atoms with Crippen LogP contribution in [0.15, 0.2) is 251 Å². The molecule has 5 heterocycles. The highest BCUT2D eigenvalue weighted by atomic mass is 32.1. The summed E-state index contributed by atoms with van der Waals surface area (Å²) in [7, 11) is 0. The van der Waals surface area contributed by atoms with E-state index in [0.717, 1.165) is 115 Å². The van der Waals surface area contributed by atoms with Crippen LogP contribution in [0.5, 0.6) is 0 Å². The van der Waals surface area contributed by atoms with Gasteiger partial charge in [0.05, 0.1) is 11.0 Å². The topological polar surface area (TPSA) is 69.9 Å². The third kappa shape index (κ3) is 6.62. The van der Waals surface area contributed by atoms with Crippen LogP contribution in [0, 0.1) is 0 Å². The quantitative estimate of drug-likeness (QED) is 0.159. The maximum Gasteiger partial charge on any atom is 0.164 e. The zero-order valence-corrected chi connectivity index (χ0v) is 41.4. The molecule has 0 spiro atoms. The molecule has 0 bridgehead atoms. The molecule has 354 valence electrons. The summed E-state index contributed by atoms with van der Waals surface area (Å²) in [4.78, 5) is 15.7. The van der Waals surface area contributed by atoms with E-state index in [4.69, 9.17) is 23.8 Å². The summed E-state index contributed by atoms with van der Waals surface area (Å²) in [6.07, 6.45) is 0. The van der Waals surface area contributed by atoms with Gasteiger partial charge in [0.25, 0.3) is 0 Å². The molecule has 0 atom stereocenters. The van der Waals surface area contributed by atoms with Crippen molar-refractivity contribution in [1.29, 1.82) is 0 Å². The van der Waals surface area contributed by atoms with E-state index in [1.165, 1.54) is 26.5 Å². The molecule has 76 heavy (non-hydrogen) atoms.